The summed E-state index contributed by atoms with van der Waals surface area (Å²) in [5.74, 6) is 3.11. The first kappa shape index (κ1) is 7.98. The van der Waals surface area contributed by atoms with E-state index in [2.05, 4.69) is 12.0 Å². The van der Waals surface area contributed by atoms with Crippen molar-refractivity contribution in [2.75, 3.05) is 11.5 Å². The third-order valence-corrected chi connectivity index (χ3v) is 3.19. The average molecular weight is 183 g/mol. The number of hydrogen-bond donors (Lipinski definition) is 1. The molecule has 0 amide bonds. The maximum Gasteiger partial charge on any atom is 0.126 e. The first-order chi connectivity index (χ1) is 5.83. The van der Waals surface area contributed by atoms with Crippen molar-refractivity contribution < 1.29 is 0 Å². The number of aryl methyl sites for hydroxylation is 2. The smallest absolute Gasteiger partial charge is 0.126 e. The van der Waals surface area contributed by atoms with Gasteiger partial charge in [0.2, 0.25) is 0 Å². The minimum Gasteiger partial charge on any atom is -0.384 e. The standard InChI is InChI=1S/C8H13N3S/c1-2-11-8(9)6-5-12-4-3-7(6)10-11/h2-5,9H2,1H3. The topological polar surface area (TPSA) is 43.8 Å². The Balaban J connectivity index is 2.44. The van der Waals surface area contributed by atoms with Gasteiger partial charge in [-0.05, 0) is 12.7 Å². The third-order valence-electron chi connectivity index (χ3n) is 2.21. The highest BCUT2D eigenvalue weighted by molar-refractivity contribution is 7.98. The van der Waals surface area contributed by atoms with Crippen LogP contribution < -0.4 is 5.73 Å². The lowest BCUT2D eigenvalue weighted by molar-refractivity contribution is 0.658. The predicted octanol–water partition coefficient (Wildman–Crippen LogP) is 1.27. The van der Waals surface area contributed by atoms with Crippen molar-refractivity contribution in [2.24, 2.45) is 0 Å². The second kappa shape index (κ2) is 3.01. The lowest BCUT2D eigenvalue weighted by atomic mass is 10.2. The van der Waals surface area contributed by atoms with Gasteiger partial charge in [0.15, 0.2) is 0 Å². The first-order valence-electron chi connectivity index (χ1n) is 4.24. The fourth-order valence-corrected chi connectivity index (χ4v) is 2.51. The summed E-state index contributed by atoms with van der Waals surface area (Å²) < 4.78 is 1.90. The predicted molar refractivity (Wildman–Crippen MR) is 52.2 cm³/mol. The number of nitrogen functional groups attached to an aromatic ring is 1. The van der Waals surface area contributed by atoms with Gasteiger partial charge in [0.05, 0.1) is 5.69 Å². The van der Waals surface area contributed by atoms with Gasteiger partial charge in [0.25, 0.3) is 0 Å². The quantitative estimate of drug-likeness (QED) is 0.713. The lowest BCUT2D eigenvalue weighted by Gasteiger charge is -2.08. The maximum absolute atomic E-state index is 5.92. The van der Waals surface area contributed by atoms with Crippen LogP contribution in [-0.2, 0) is 18.7 Å². The van der Waals surface area contributed by atoms with E-state index in [-0.39, 0.29) is 0 Å². The Morgan fingerprint density at radius 3 is 3.17 bits per heavy atom. The van der Waals surface area contributed by atoms with Gasteiger partial charge >= 0.3 is 0 Å². The number of fused-ring (bicyclic) bond motifs is 1. The van der Waals surface area contributed by atoms with Crippen molar-refractivity contribution in [3.05, 3.63) is 11.3 Å². The monoisotopic (exact) mass is 183 g/mol. The second-order valence-electron chi connectivity index (χ2n) is 2.93. The molecule has 12 heavy (non-hydrogen) atoms. The van der Waals surface area contributed by atoms with E-state index in [0.29, 0.717) is 0 Å². The molecule has 2 heterocycles. The highest BCUT2D eigenvalue weighted by Gasteiger charge is 2.17. The van der Waals surface area contributed by atoms with Crippen molar-refractivity contribution in [2.45, 2.75) is 25.6 Å². The van der Waals surface area contributed by atoms with Crippen LogP contribution in [0, 0.1) is 0 Å². The van der Waals surface area contributed by atoms with E-state index >= 15 is 0 Å². The third kappa shape index (κ3) is 1.10. The molecular formula is C8H13N3S. The van der Waals surface area contributed by atoms with Crippen molar-refractivity contribution >= 4 is 17.6 Å². The summed E-state index contributed by atoms with van der Waals surface area (Å²) in [6.07, 6.45) is 1.08. The molecule has 66 valence electrons. The van der Waals surface area contributed by atoms with Crippen LogP contribution in [0.2, 0.25) is 0 Å². The van der Waals surface area contributed by atoms with Crippen LogP contribution in [0.1, 0.15) is 18.2 Å². The van der Waals surface area contributed by atoms with Gasteiger partial charge in [-0.15, -0.1) is 0 Å². The van der Waals surface area contributed by atoms with Gasteiger partial charge in [-0.1, -0.05) is 0 Å². The average Bonchev–Trinajstić information content (AvgIpc) is 2.44. The van der Waals surface area contributed by atoms with E-state index in [1.165, 1.54) is 17.0 Å². The zero-order chi connectivity index (χ0) is 8.55. The molecular weight excluding hydrogens is 170 g/mol. The summed E-state index contributed by atoms with van der Waals surface area (Å²) in [7, 11) is 0. The molecule has 0 spiro atoms. The van der Waals surface area contributed by atoms with Gasteiger partial charge < -0.3 is 5.73 Å². The molecule has 0 fully saturated rings. The molecule has 4 heteroatoms. The minimum atomic E-state index is 0.875. The van der Waals surface area contributed by atoms with Crippen molar-refractivity contribution in [3.8, 4) is 0 Å². The van der Waals surface area contributed by atoms with Crippen LogP contribution in [-0.4, -0.2) is 15.5 Å². The number of nitrogens with two attached hydrogens (primary N) is 1. The summed E-state index contributed by atoms with van der Waals surface area (Å²) in [5, 5.41) is 4.45. The Morgan fingerprint density at radius 1 is 1.67 bits per heavy atom. The Hall–Kier alpha value is -0.640. The highest BCUT2D eigenvalue weighted by Crippen LogP contribution is 2.28. The van der Waals surface area contributed by atoms with Crippen LogP contribution in [0.15, 0.2) is 0 Å². The normalized spacial score (nSPS) is 16.1. The Morgan fingerprint density at radius 2 is 2.50 bits per heavy atom. The molecule has 3 nitrogen and oxygen atoms in total. The van der Waals surface area contributed by atoms with Gasteiger partial charge in [-0.2, -0.15) is 16.9 Å². The molecule has 0 aliphatic carbocycles. The van der Waals surface area contributed by atoms with Gasteiger partial charge in [-0.3, -0.25) is 0 Å². The zero-order valence-corrected chi connectivity index (χ0v) is 8.02. The molecule has 0 radical (unpaired) electrons. The molecule has 0 saturated heterocycles. The molecule has 2 rings (SSSR count). The minimum absolute atomic E-state index is 0.875. The summed E-state index contributed by atoms with van der Waals surface area (Å²) in [6, 6.07) is 0. The van der Waals surface area contributed by atoms with E-state index in [1.54, 1.807) is 0 Å². The van der Waals surface area contributed by atoms with Gasteiger partial charge in [0.1, 0.15) is 5.82 Å². The first-order valence-corrected chi connectivity index (χ1v) is 5.40. The zero-order valence-electron chi connectivity index (χ0n) is 7.21. The lowest BCUT2D eigenvalue weighted by Crippen LogP contribution is -2.03. The van der Waals surface area contributed by atoms with E-state index in [4.69, 9.17) is 5.73 Å². The van der Waals surface area contributed by atoms with Gasteiger partial charge in [0, 0.05) is 24.3 Å². The molecule has 0 aromatic carbocycles. The Bertz CT molecular complexity index is 293. The van der Waals surface area contributed by atoms with E-state index in [0.717, 1.165) is 24.5 Å². The number of hydrogen-bond acceptors (Lipinski definition) is 3. The van der Waals surface area contributed by atoms with Crippen LogP contribution in [0.5, 0.6) is 0 Å². The number of thioether (sulfide) groups is 1. The summed E-state index contributed by atoms with van der Waals surface area (Å²) >= 11 is 1.94. The van der Waals surface area contributed by atoms with Crippen LogP contribution in [0.3, 0.4) is 0 Å². The van der Waals surface area contributed by atoms with E-state index in [1.807, 2.05) is 16.4 Å². The molecule has 1 aromatic rings. The Kier molecular flexibility index (Phi) is 2.00. The second-order valence-corrected chi connectivity index (χ2v) is 4.03. The van der Waals surface area contributed by atoms with Crippen LogP contribution >= 0.6 is 11.8 Å². The molecule has 0 unspecified atom stereocenters. The summed E-state index contributed by atoms with van der Waals surface area (Å²) in [5.41, 5.74) is 8.41. The fourth-order valence-electron chi connectivity index (χ4n) is 1.51. The molecule has 1 aromatic heterocycles. The van der Waals surface area contributed by atoms with Crippen molar-refractivity contribution in [1.82, 2.24) is 9.78 Å². The van der Waals surface area contributed by atoms with E-state index in [9.17, 15) is 0 Å². The number of nitrogens with zero attached hydrogens (tertiary/aromatic N) is 2. The van der Waals surface area contributed by atoms with Crippen LogP contribution in [0.25, 0.3) is 0 Å². The summed E-state index contributed by atoms with van der Waals surface area (Å²) in [6.45, 7) is 2.95. The number of anilines is 1. The molecule has 1 aliphatic rings. The number of aromatic nitrogens is 2. The fraction of sp³-hybridized carbons (Fsp3) is 0.625. The molecule has 2 N–H and O–H groups in total. The van der Waals surface area contributed by atoms with Crippen molar-refractivity contribution in [1.29, 1.82) is 0 Å². The number of rotatable bonds is 1. The van der Waals surface area contributed by atoms with Gasteiger partial charge in [-0.25, -0.2) is 4.68 Å². The van der Waals surface area contributed by atoms with E-state index < -0.39 is 0 Å². The molecule has 1 aliphatic heterocycles. The Labute approximate surface area is 76.3 Å². The molecule has 0 saturated carbocycles. The summed E-state index contributed by atoms with van der Waals surface area (Å²) in [4.78, 5) is 0. The van der Waals surface area contributed by atoms with Crippen molar-refractivity contribution in [3.63, 3.8) is 0 Å². The molecule has 0 atom stereocenters. The largest absolute Gasteiger partial charge is 0.384 e. The highest BCUT2D eigenvalue weighted by atomic mass is 32.2. The molecule has 0 bridgehead atoms. The van der Waals surface area contributed by atoms with Crippen LogP contribution in [0.4, 0.5) is 5.82 Å². The SMILES string of the molecule is CCn1nc2c(c1N)CSCC2. The maximum atomic E-state index is 5.92.